The fourth-order valence-corrected chi connectivity index (χ4v) is 3.55. The molecule has 2 aromatic rings. The summed E-state index contributed by atoms with van der Waals surface area (Å²) in [5, 5.41) is 12.4. The van der Waals surface area contributed by atoms with Crippen LogP contribution in [0.25, 0.3) is 0 Å². The molecule has 1 saturated heterocycles. The highest BCUT2D eigenvalue weighted by atomic mass is 16.6. The number of rotatable bonds is 4. The molecule has 2 aromatic heterocycles. The molecular formula is C20H23N5O2. The van der Waals surface area contributed by atoms with Crippen LogP contribution in [0.5, 0.6) is 0 Å². The monoisotopic (exact) mass is 365 g/mol. The van der Waals surface area contributed by atoms with E-state index in [1.165, 1.54) is 5.56 Å². The number of nitriles is 1. The summed E-state index contributed by atoms with van der Waals surface area (Å²) in [5.74, 6) is 0.936. The molecule has 4 rings (SSSR count). The Balaban J connectivity index is 1.46. The van der Waals surface area contributed by atoms with Crippen molar-refractivity contribution in [1.29, 1.82) is 5.26 Å². The van der Waals surface area contributed by atoms with Crippen molar-refractivity contribution in [2.24, 2.45) is 0 Å². The van der Waals surface area contributed by atoms with Crippen molar-refractivity contribution in [3.63, 3.8) is 0 Å². The highest BCUT2D eigenvalue weighted by molar-refractivity contribution is 5.53. The van der Waals surface area contributed by atoms with Gasteiger partial charge in [0.05, 0.1) is 43.4 Å². The standard InChI is InChI=1S/C20H23N5O2/c1-14-6-15(8-21)9-24-20(14)25-3-2-19-16(12-25)7-17(10-23-19)22-11-18-13-26-4-5-27-18/h6-7,9-10,18,22H,2-5,11-13H2,1H3. The number of anilines is 2. The molecule has 0 spiro atoms. The van der Waals surface area contributed by atoms with E-state index in [0.717, 1.165) is 42.3 Å². The van der Waals surface area contributed by atoms with Crippen molar-refractivity contribution in [3.05, 3.63) is 46.9 Å². The van der Waals surface area contributed by atoms with Crippen LogP contribution in [0.3, 0.4) is 0 Å². The molecule has 1 atom stereocenters. The zero-order valence-electron chi connectivity index (χ0n) is 15.4. The molecule has 0 radical (unpaired) electrons. The van der Waals surface area contributed by atoms with Gasteiger partial charge in [0.2, 0.25) is 0 Å². The Bertz CT molecular complexity index is 858. The molecule has 27 heavy (non-hydrogen) atoms. The zero-order chi connectivity index (χ0) is 18.6. The molecule has 0 saturated carbocycles. The van der Waals surface area contributed by atoms with Gasteiger partial charge in [0.25, 0.3) is 0 Å². The maximum Gasteiger partial charge on any atom is 0.131 e. The van der Waals surface area contributed by atoms with Gasteiger partial charge in [-0.15, -0.1) is 0 Å². The molecule has 1 N–H and O–H groups in total. The molecule has 0 aromatic carbocycles. The highest BCUT2D eigenvalue weighted by Crippen LogP contribution is 2.26. The average molecular weight is 365 g/mol. The van der Waals surface area contributed by atoms with Gasteiger partial charge in [0.15, 0.2) is 0 Å². The Kier molecular flexibility index (Phi) is 5.19. The number of hydrogen-bond donors (Lipinski definition) is 1. The molecule has 0 aliphatic carbocycles. The molecular weight excluding hydrogens is 342 g/mol. The third-order valence-corrected chi connectivity index (χ3v) is 4.94. The molecule has 0 amide bonds. The molecule has 4 heterocycles. The van der Waals surface area contributed by atoms with E-state index in [0.29, 0.717) is 31.9 Å². The van der Waals surface area contributed by atoms with Crippen molar-refractivity contribution in [1.82, 2.24) is 9.97 Å². The molecule has 7 nitrogen and oxygen atoms in total. The summed E-state index contributed by atoms with van der Waals surface area (Å²) in [6.07, 6.45) is 4.50. The lowest BCUT2D eigenvalue weighted by Gasteiger charge is -2.30. The third kappa shape index (κ3) is 4.02. The van der Waals surface area contributed by atoms with Crippen molar-refractivity contribution in [2.75, 3.05) is 43.1 Å². The quantitative estimate of drug-likeness (QED) is 0.888. The van der Waals surface area contributed by atoms with Gasteiger partial charge < -0.3 is 19.7 Å². The zero-order valence-corrected chi connectivity index (χ0v) is 15.4. The molecule has 7 heteroatoms. The van der Waals surface area contributed by atoms with Gasteiger partial charge in [0.1, 0.15) is 11.9 Å². The maximum absolute atomic E-state index is 9.03. The number of fused-ring (bicyclic) bond motifs is 1. The lowest BCUT2D eigenvalue weighted by atomic mass is 10.0. The van der Waals surface area contributed by atoms with E-state index in [4.69, 9.17) is 14.7 Å². The molecule has 1 unspecified atom stereocenters. The van der Waals surface area contributed by atoms with Gasteiger partial charge in [-0.1, -0.05) is 0 Å². The predicted octanol–water partition coefficient (Wildman–Crippen LogP) is 2.05. The van der Waals surface area contributed by atoms with Crippen molar-refractivity contribution < 1.29 is 9.47 Å². The van der Waals surface area contributed by atoms with Gasteiger partial charge in [-0.05, 0) is 30.2 Å². The fraction of sp³-hybridized carbons (Fsp3) is 0.450. The van der Waals surface area contributed by atoms with E-state index >= 15 is 0 Å². The highest BCUT2D eigenvalue weighted by Gasteiger charge is 2.21. The average Bonchev–Trinajstić information content (AvgIpc) is 2.72. The van der Waals surface area contributed by atoms with Crippen LogP contribution in [0, 0.1) is 18.3 Å². The van der Waals surface area contributed by atoms with Gasteiger partial charge in [-0.2, -0.15) is 5.26 Å². The van der Waals surface area contributed by atoms with E-state index < -0.39 is 0 Å². The van der Waals surface area contributed by atoms with Crippen LogP contribution in [0.2, 0.25) is 0 Å². The van der Waals surface area contributed by atoms with Crippen LogP contribution in [-0.4, -0.2) is 49.0 Å². The molecule has 2 aliphatic rings. The molecule has 2 aliphatic heterocycles. The summed E-state index contributed by atoms with van der Waals surface area (Å²) >= 11 is 0. The first-order valence-corrected chi connectivity index (χ1v) is 9.25. The first-order valence-electron chi connectivity index (χ1n) is 9.25. The first-order chi connectivity index (χ1) is 13.2. The smallest absolute Gasteiger partial charge is 0.131 e. The molecule has 140 valence electrons. The lowest BCUT2D eigenvalue weighted by molar-refractivity contribution is -0.0818. The summed E-state index contributed by atoms with van der Waals surface area (Å²) in [6, 6.07) is 6.20. The topological polar surface area (TPSA) is 83.3 Å². The predicted molar refractivity (Wildman–Crippen MR) is 102 cm³/mol. The number of aryl methyl sites for hydroxylation is 1. The second kappa shape index (κ2) is 7.91. The Hall–Kier alpha value is -2.69. The van der Waals surface area contributed by atoms with Gasteiger partial charge in [-0.3, -0.25) is 4.98 Å². The van der Waals surface area contributed by atoms with Crippen molar-refractivity contribution in [2.45, 2.75) is 26.0 Å². The van der Waals surface area contributed by atoms with Gasteiger partial charge in [0, 0.05) is 37.9 Å². The lowest BCUT2D eigenvalue weighted by Crippen LogP contribution is -2.34. The maximum atomic E-state index is 9.03. The van der Waals surface area contributed by atoms with Crippen LogP contribution < -0.4 is 10.2 Å². The largest absolute Gasteiger partial charge is 0.381 e. The minimum absolute atomic E-state index is 0.0804. The fourth-order valence-electron chi connectivity index (χ4n) is 3.55. The van der Waals surface area contributed by atoms with Gasteiger partial charge in [-0.25, -0.2) is 4.98 Å². The molecule has 0 bridgehead atoms. The SMILES string of the molecule is Cc1cc(C#N)cnc1N1CCc2ncc(NCC3COCCO3)cc2C1. The Morgan fingerprint density at radius 1 is 1.30 bits per heavy atom. The van der Waals surface area contributed by atoms with E-state index in [2.05, 4.69) is 32.3 Å². The second-order valence-corrected chi connectivity index (χ2v) is 6.93. The van der Waals surface area contributed by atoms with Crippen LogP contribution in [0.1, 0.15) is 22.4 Å². The summed E-state index contributed by atoms with van der Waals surface area (Å²) in [4.78, 5) is 11.4. The van der Waals surface area contributed by atoms with Crippen LogP contribution in [0.4, 0.5) is 11.5 Å². The summed E-state index contributed by atoms with van der Waals surface area (Å²) < 4.78 is 11.1. The Morgan fingerprint density at radius 2 is 2.22 bits per heavy atom. The number of nitrogens with zero attached hydrogens (tertiary/aromatic N) is 4. The summed E-state index contributed by atoms with van der Waals surface area (Å²) in [6.45, 7) is 6.31. The summed E-state index contributed by atoms with van der Waals surface area (Å²) in [7, 11) is 0. The van der Waals surface area contributed by atoms with Crippen LogP contribution in [-0.2, 0) is 22.4 Å². The molecule has 1 fully saturated rings. The Labute approximate surface area is 158 Å². The normalized spacial score (nSPS) is 19.3. The van der Waals surface area contributed by atoms with Crippen LogP contribution >= 0.6 is 0 Å². The number of ether oxygens (including phenoxy) is 2. The minimum Gasteiger partial charge on any atom is -0.381 e. The van der Waals surface area contributed by atoms with E-state index in [9.17, 15) is 0 Å². The van der Waals surface area contributed by atoms with Gasteiger partial charge >= 0.3 is 0 Å². The number of aromatic nitrogens is 2. The first kappa shape index (κ1) is 17.7. The van der Waals surface area contributed by atoms with Crippen LogP contribution in [0.15, 0.2) is 24.5 Å². The van der Waals surface area contributed by atoms with E-state index in [1.807, 2.05) is 19.2 Å². The van der Waals surface area contributed by atoms with E-state index in [-0.39, 0.29) is 6.10 Å². The number of pyridine rings is 2. The van der Waals surface area contributed by atoms with E-state index in [1.54, 1.807) is 6.20 Å². The third-order valence-electron chi connectivity index (χ3n) is 4.94. The minimum atomic E-state index is 0.0804. The Morgan fingerprint density at radius 3 is 3.00 bits per heavy atom. The van der Waals surface area contributed by atoms with Crippen molar-refractivity contribution in [3.8, 4) is 6.07 Å². The number of hydrogen-bond acceptors (Lipinski definition) is 7. The second-order valence-electron chi connectivity index (χ2n) is 6.93. The van der Waals surface area contributed by atoms with Crippen molar-refractivity contribution >= 4 is 11.5 Å². The summed E-state index contributed by atoms with van der Waals surface area (Å²) in [5.41, 5.74) is 4.96. The number of nitrogens with one attached hydrogen (secondary N) is 1.